The fourth-order valence-electron chi connectivity index (χ4n) is 1.70. The van der Waals surface area contributed by atoms with Crippen molar-refractivity contribution < 1.29 is 18.0 Å². The van der Waals surface area contributed by atoms with Crippen molar-refractivity contribution in [2.45, 2.75) is 6.42 Å². The van der Waals surface area contributed by atoms with E-state index in [2.05, 4.69) is 15.9 Å². The Bertz CT molecular complexity index is 620. The van der Waals surface area contributed by atoms with Crippen LogP contribution in [0.3, 0.4) is 0 Å². The first-order chi connectivity index (χ1) is 8.99. The molecule has 0 saturated heterocycles. The molecule has 2 aromatic carbocycles. The number of Topliss-reactive ketones (excluding diaryl/α,β-unsaturated/α-hetero) is 1. The summed E-state index contributed by atoms with van der Waals surface area (Å²) in [7, 11) is 0. The molecule has 0 bridgehead atoms. The van der Waals surface area contributed by atoms with Crippen LogP contribution in [0.25, 0.3) is 0 Å². The summed E-state index contributed by atoms with van der Waals surface area (Å²) in [6.07, 6.45) is -0.400. The van der Waals surface area contributed by atoms with Crippen LogP contribution in [-0.2, 0) is 6.42 Å². The minimum atomic E-state index is -0.944. The molecule has 1 nitrogen and oxygen atoms in total. The summed E-state index contributed by atoms with van der Waals surface area (Å²) in [6, 6.07) is 7.23. The van der Waals surface area contributed by atoms with Crippen LogP contribution in [0.4, 0.5) is 13.2 Å². The van der Waals surface area contributed by atoms with E-state index < -0.39 is 35.2 Å². The second kappa shape index (κ2) is 5.57. The topological polar surface area (TPSA) is 17.1 Å². The maximum Gasteiger partial charge on any atom is 0.173 e. The molecule has 0 heterocycles. The summed E-state index contributed by atoms with van der Waals surface area (Å²) >= 11 is 3.15. The molecule has 0 unspecified atom stereocenters. The highest BCUT2D eigenvalue weighted by Crippen LogP contribution is 2.19. The largest absolute Gasteiger partial charge is 0.294 e. The van der Waals surface area contributed by atoms with Crippen LogP contribution < -0.4 is 0 Å². The third-order valence-corrected chi connectivity index (χ3v) is 3.09. The van der Waals surface area contributed by atoms with Crippen molar-refractivity contribution in [2.24, 2.45) is 0 Å². The van der Waals surface area contributed by atoms with Crippen LogP contribution in [0.5, 0.6) is 0 Å². The molecule has 19 heavy (non-hydrogen) atoms. The van der Waals surface area contributed by atoms with Gasteiger partial charge in [-0.25, -0.2) is 13.2 Å². The van der Waals surface area contributed by atoms with E-state index in [4.69, 9.17) is 0 Å². The zero-order valence-corrected chi connectivity index (χ0v) is 11.2. The molecular formula is C14H8BrF3O. The summed E-state index contributed by atoms with van der Waals surface area (Å²) in [4.78, 5) is 11.9. The monoisotopic (exact) mass is 328 g/mol. The number of carbonyl (C=O) groups is 1. The number of benzene rings is 2. The second-order valence-corrected chi connectivity index (χ2v) is 4.85. The molecule has 2 rings (SSSR count). The molecule has 0 atom stereocenters. The van der Waals surface area contributed by atoms with E-state index >= 15 is 0 Å². The number of rotatable bonds is 3. The molecule has 0 aliphatic rings. The number of halogens is 4. The highest BCUT2D eigenvalue weighted by molar-refractivity contribution is 9.10. The lowest BCUT2D eigenvalue weighted by molar-refractivity contribution is 0.0983. The fraction of sp³-hybridized carbons (Fsp3) is 0.0714. The molecule has 0 saturated carbocycles. The number of ketones is 1. The first-order valence-electron chi connectivity index (χ1n) is 5.40. The van der Waals surface area contributed by atoms with Crippen molar-refractivity contribution in [1.29, 1.82) is 0 Å². The van der Waals surface area contributed by atoms with Gasteiger partial charge in [-0.1, -0.05) is 22.0 Å². The van der Waals surface area contributed by atoms with E-state index in [1.807, 2.05) is 0 Å². The third-order valence-electron chi connectivity index (χ3n) is 2.60. The number of hydrogen-bond acceptors (Lipinski definition) is 1. The van der Waals surface area contributed by atoms with Crippen molar-refractivity contribution in [3.05, 3.63) is 69.4 Å². The van der Waals surface area contributed by atoms with Crippen LogP contribution >= 0.6 is 15.9 Å². The second-order valence-electron chi connectivity index (χ2n) is 3.93. The zero-order valence-electron chi connectivity index (χ0n) is 9.59. The third kappa shape index (κ3) is 3.04. The lowest BCUT2D eigenvalue weighted by Gasteiger charge is -2.06. The van der Waals surface area contributed by atoms with Crippen LogP contribution in [0.2, 0.25) is 0 Å². The van der Waals surface area contributed by atoms with Crippen LogP contribution in [0.1, 0.15) is 15.9 Å². The Labute approximate surface area is 116 Å². The van der Waals surface area contributed by atoms with E-state index in [9.17, 15) is 18.0 Å². The first-order valence-corrected chi connectivity index (χ1v) is 6.19. The molecule has 0 aliphatic carbocycles. The molecule has 0 fully saturated rings. The molecule has 0 spiro atoms. The van der Waals surface area contributed by atoms with Gasteiger partial charge in [-0.2, -0.15) is 0 Å². The SMILES string of the molecule is O=C(Cc1cc(Br)ccc1F)c1c(F)cccc1F. The van der Waals surface area contributed by atoms with Crippen molar-refractivity contribution >= 4 is 21.7 Å². The van der Waals surface area contributed by atoms with Gasteiger partial charge in [0, 0.05) is 10.9 Å². The predicted molar refractivity (Wildman–Crippen MR) is 68.5 cm³/mol. The summed E-state index contributed by atoms with van der Waals surface area (Å²) in [5.74, 6) is -3.28. The Kier molecular flexibility index (Phi) is 4.04. The van der Waals surface area contributed by atoms with Crippen LogP contribution in [-0.4, -0.2) is 5.78 Å². The maximum absolute atomic E-state index is 13.5. The summed E-state index contributed by atoms with van der Waals surface area (Å²) in [5.41, 5.74) is -0.552. The molecule has 98 valence electrons. The molecule has 0 aliphatic heterocycles. The molecular weight excluding hydrogens is 321 g/mol. The van der Waals surface area contributed by atoms with Crippen molar-refractivity contribution in [3.63, 3.8) is 0 Å². The average Bonchev–Trinajstić information content (AvgIpc) is 2.33. The van der Waals surface area contributed by atoms with Gasteiger partial charge in [0.25, 0.3) is 0 Å². The van der Waals surface area contributed by atoms with E-state index in [1.54, 1.807) is 0 Å². The smallest absolute Gasteiger partial charge is 0.173 e. The quantitative estimate of drug-likeness (QED) is 0.768. The highest BCUT2D eigenvalue weighted by atomic mass is 79.9. The van der Waals surface area contributed by atoms with Gasteiger partial charge in [0.05, 0.1) is 5.56 Å². The van der Waals surface area contributed by atoms with Crippen LogP contribution in [0, 0.1) is 17.5 Å². The van der Waals surface area contributed by atoms with Crippen molar-refractivity contribution in [2.75, 3.05) is 0 Å². The molecule has 5 heteroatoms. The van der Waals surface area contributed by atoms with Gasteiger partial charge in [0.15, 0.2) is 5.78 Å². The van der Waals surface area contributed by atoms with Gasteiger partial charge in [0.2, 0.25) is 0 Å². The lowest BCUT2D eigenvalue weighted by Crippen LogP contribution is -2.10. The fourth-order valence-corrected chi connectivity index (χ4v) is 2.11. The maximum atomic E-state index is 13.5. The minimum absolute atomic E-state index is 0.0852. The van der Waals surface area contributed by atoms with Gasteiger partial charge in [0.1, 0.15) is 17.5 Å². The zero-order chi connectivity index (χ0) is 14.0. The Balaban J connectivity index is 2.34. The number of hydrogen-bond donors (Lipinski definition) is 0. The molecule has 0 N–H and O–H groups in total. The lowest BCUT2D eigenvalue weighted by atomic mass is 10.0. The first kappa shape index (κ1) is 13.8. The summed E-state index contributed by atoms with van der Waals surface area (Å²) in [6.45, 7) is 0. The van der Waals surface area contributed by atoms with Crippen molar-refractivity contribution in [1.82, 2.24) is 0 Å². The van der Waals surface area contributed by atoms with Gasteiger partial charge < -0.3 is 0 Å². The van der Waals surface area contributed by atoms with Crippen LogP contribution in [0.15, 0.2) is 40.9 Å². The predicted octanol–water partition coefficient (Wildman–Crippen LogP) is 4.29. The molecule has 2 aromatic rings. The van der Waals surface area contributed by atoms with Gasteiger partial charge in [-0.05, 0) is 35.9 Å². The molecule has 0 amide bonds. The average molecular weight is 329 g/mol. The van der Waals surface area contributed by atoms with Gasteiger partial charge >= 0.3 is 0 Å². The normalized spacial score (nSPS) is 10.5. The molecule has 0 aromatic heterocycles. The highest BCUT2D eigenvalue weighted by Gasteiger charge is 2.18. The molecule has 0 radical (unpaired) electrons. The number of carbonyl (C=O) groups excluding carboxylic acids is 1. The Morgan fingerprint density at radius 1 is 1.00 bits per heavy atom. The standard InChI is InChI=1S/C14H8BrF3O/c15-9-4-5-10(16)8(6-9)7-13(19)14-11(17)2-1-3-12(14)18/h1-6H,7H2. The Morgan fingerprint density at radius 2 is 1.63 bits per heavy atom. The van der Waals surface area contributed by atoms with Crippen molar-refractivity contribution in [3.8, 4) is 0 Å². The summed E-state index contributed by atoms with van der Waals surface area (Å²) in [5, 5.41) is 0. The van der Waals surface area contributed by atoms with E-state index in [0.29, 0.717) is 4.47 Å². The van der Waals surface area contributed by atoms with E-state index in [1.165, 1.54) is 24.3 Å². The van der Waals surface area contributed by atoms with E-state index in [0.717, 1.165) is 12.1 Å². The Hall–Kier alpha value is -1.62. The van der Waals surface area contributed by atoms with E-state index in [-0.39, 0.29) is 5.56 Å². The minimum Gasteiger partial charge on any atom is -0.294 e. The summed E-state index contributed by atoms with van der Waals surface area (Å²) < 4.78 is 40.9. The Morgan fingerprint density at radius 3 is 2.26 bits per heavy atom. The van der Waals surface area contributed by atoms with Gasteiger partial charge in [-0.15, -0.1) is 0 Å². The van der Waals surface area contributed by atoms with Gasteiger partial charge in [-0.3, -0.25) is 4.79 Å².